The van der Waals surface area contributed by atoms with Gasteiger partial charge in [-0.25, -0.2) is 9.37 Å². The third-order valence-electron chi connectivity index (χ3n) is 3.95. The van der Waals surface area contributed by atoms with Crippen LogP contribution in [0.2, 0.25) is 0 Å². The fourth-order valence-electron chi connectivity index (χ4n) is 2.54. The highest BCUT2D eigenvalue weighted by molar-refractivity contribution is 7.15. The molecule has 4 nitrogen and oxygen atoms in total. The molecule has 0 saturated heterocycles. The smallest absolute Gasteiger partial charge is 0.273 e. The molecule has 0 aliphatic heterocycles. The first kappa shape index (κ1) is 18.7. The van der Waals surface area contributed by atoms with Crippen LogP contribution >= 0.6 is 22.7 Å². The van der Waals surface area contributed by atoms with Gasteiger partial charge >= 0.3 is 0 Å². The van der Waals surface area contributed by atoms with Gasteiger partial charge in [0.1, 0.15) is 16.5 Å². The van der Waals surface area contributed by atoms with Crippen LogP contribution in [0.3, 0.4) is 0 Å². The van der Waals surface area contributed by atoms with Crippen LogP contribution in [-0.2, 0) is 13.1 Å². The molecule has 2 aromatic heterocycles. The van der Waals surface area contributed by atoms with Crippen LogP contribution in [0.4, 0.5) is 4.39 Å². The van der Waals surface area contributed by atoms with Crippen molar-refractivity contribution < 1.29 is 9.18 Å². The molecule has 7 heteroatoms. The van der Waals surface area contributed by atoms with E-state index in [1.807, 2.05) is 26.0 Å². The van der Waals surface area contributed by atoms with Crippen molar-refractivity contribution in [2.75, 3.05) is 0 Å². The Kier molecular flexibility index (Phi) is 5.80. The Hall–Kier alpha value is -2.09. The van der Waals surface area contributed by atoms with Crippen LogP contribution in [0.5, 0.6) is 0 Å². The summed E-state index contributed by atoms with van der Waals surface area (Å²) in [6.07, 6.45) is 0. The SMILES string of the molecule is CC(C)N(Cc1ccc(-c2ccc(F)cc2)s1)C(=O)c1csc(CN)n1. The van der Waals surface area contributed by atoms with Crippen molar-refractivity contribution >= 4 is 28.6 Å². The Labute approximate surface area is 160 Å². The summed E-state index contributed by atoms with van der Waals surface area (Å²) in [6, 6.07) is 10.5. The van der Waals surface area contributed by atoms with Crippen LogP contribution in [0, 0.1) is 5.82 Å². The van der Waals surface area contributed by atoms with E-state index in [-0.39, 0.29) is 17.8 Å². The van der Waals surface area contributed by atoms with E-state index in [1.54, 1.807) is 33.7 Å². The van der Waals surface area contributed by atoms with Gasteiger partial charge in [-0.15, -0.1) is 22.7 Å². The van der Waals surface area contributed by atoms with E-state index in [9.17, 15) is 9.18 Å². The summed E-state index contributed by atoms with van der Waals surface area (Å²) in [4.78, 5) is 21.1. The van der Waals surface area contributed by atoms with Crippen molar-refractivity contribution in [1.29, 1.82) is 0 Å². The standard InChI is InChI=1S/C19H20FN3OS2/c1-12(2)23(19(24)16-11-25-18(9-21)22-16)10-15-7-8-17(26-15)13-3-5-14(20)6-4-13/h3-8,11-12H,9-10,21H2,1-2H3. The normalized spacial score (nSPS) is 11.1. The van der Waals surface area contributed by atoms with Gasteiger partial charge in [0.2, 0.25) is 0 Å². The molecule has 0 saturated carbocycles. The molecule has 0 aliphatic rings. The van der Waals surface area contributed by atoms with Crippen LogP contribution in [0.15, 0.2) is 41.8 Å². The van der Waals surface area contributed by atoms with Gasteiger partial charge in [0.05, 0.1) is 6.54 Å². The summed E-state index contributed by atoms with van der Waals surface area (Å²) >= 11 is 3.01. The molecule has 0 bridgehead atoms. The maximum absolute atomic E-state index is 13.1. The van der Waals surface area contributed by atoms with E-state index in [4.69, 9.17) is 5.73 Å². The summed E-state index contributed by atoms with van der Waals surface area (Å²) in [5.74, 6) is -0.338. The summed E-state index contributed by atoms with van der Waals surface area (Å²) in [7, 11) is 0. The van der Waals surface area contributed by atoms with Gasteiger partial charge in [-0.05, 0) is 43.7 Å². The second-order valence-electron chi connectivity index (χ2n) is 6.13. The number of carbonyl (C=O) groups is 1. The number of carbonyl (C=O) groups excluding carboxylic acids is 1. The molecule has 2 N–H and O–H groups in total. The van der Waals surface area contributed by atoms with E-state index >= 15 is 0 Å². The zero-order valence-electron chi connectivity index (χ0n) is 14.6. The number of thiazole rings is 1. The van der Waals surface area contributed by atoms with Crippen LogP contribution in [0.1, 0.15) is 34.2 Å². The number of rotatable bonds is 6. The topological polar surface area (TPSA) is 59.2 Å². The molecule has 0 aliphatic carbocycles. The number of amides is 1. The highest BCUT2D eigenvalue weighted by atomic mass is 32.1. The molecule has 0 unspecified atom stereocenters. The molecular formula is C19H20FN3OS2. The molecular weight excluding hydrogens is 369 g/mol. The van der Waals surface area contributed by atoms with E-state index in [1.165, 1.54) is 23.5 Å². The lowest BCUT2D eigenvalue weighted by Crippen LogP contribution is -2.36. The number of benzene rings is 1. The van der Waals surface area contributed by atoms with E-state index in [2.05, 4.69) is 4.98 Å². The monoisotopic (exact) mass is 389 g/mol. The number of hydrogen-bond donors (Lipinski definition) is 1. The quantitative estimate of drug-likeness (QED) is 0.674. The van der Waals surface area contributed by atoms with Gasteiger partial charge in [0.25, 0.3) is 5.91 Å². The third-order valence-corrected chi connectivity index (χ3v) is 5.94. The number of halogens is 1. The zero-order chi connectivity index (χ0) is 18.7. The van der Waals surface area contributed by atoms with Crippen molar-refractivity contribution in [3.63, 3.8) is 0 Å². The molecule has 1 amide bonds. The van der Waals surface area contributed by atoms with Crippen LogP contribution in [0.25, 0.3) is 10.4 Å². The maximum Gasteiger partial charge on any atom is 0.273 e. The molecule has 2 heterocycles. The Morgan fingerprint density at radius 3 is 2.58 bits per heavy atom. The van der Waals surface area contributed by atoms with E-state index in [0.29, 0.717) is 18.8 Å². The second-order valence-corrected chi connectivity index (χ2v) is 8.24. The predicted molar refractivity (Wildman–Crippen MR) is 105 cm³/mol. The number of nitrogens with zero attached hydrogens (tertiary/aromatic N) is 2. The van der Waals surface area contributed by atoms with Crippen molar-refractivity contribution in [3.8, 4) is 10.4 Å². The zero-order valence-corrected chi connectivity index (χ0v) is 16.2. The Morgan fingerprint density at radius 1 is 1.23 bits per heavy atom. The number of nitrogens with two attached hydrogens (primary N) is 1. The second kappa shape index (κ2) is 8.07. The number of thiophene rings is 1. The Balaban J connectivity index is 1.78. The molecule has 136 valence electrons. The first-order chi connectivity index (χ1) is 12.5. The van der Waals surface area contributed by atoms with Crippen molar-refractivity contribution in [2.24, 2.45) is 5.73 Å². The van der Waals surface area contributed by atoms with Crippen molar-refractivity contribution in [3.05, 3.63) is 63.2 Å². The lowest BCUT2D eigenvalue weighted by Gasteiger charge is -2.25. The molecule has 26 heavy (non-hydrogen) atoms. The highest BCUT2D eigenvalue weighted by Crippen LogP contribution is 2.29. The van der Waals surface area contributed by atoms with Gasteiger partial charge in [0, 0.05) is 27.7 Å². The minimum Gasteiger partial charge on any atom is -0.330 e. The summed E-state index contributed by atoms with van der Waals surface area (Å²) in [5.41, 5.74) is 7.00. The molecule has 0 fully saturated rings. The fourth-order valence-corrected chi connectivity index (χ4v) is 4.20. The summed E-state index contributed by atoms with van der Waals surface area (Å²) in [5, 5.41) is 2.52. The average molecular weight is 390 g/mol. The van der Waals surface area contributed by atoms with Crippen LogP contribution in [-0.4, -0.2) is 21.8 Å². The van der Waals surface area contributed by atoms with Gasteiger partial charge in [-0.1, -0.05) is 12.1 Å². The first-order valence-corrected chi connectivity index (χ1v) is 9.97. The Bertz CT molecular complexity index is 886. The third kappa shape index (κ3) is 4.17. The summed E-state index contributed by atoms with van der Waals surface area (Å²) < 4.78 is 13.1. The molecule has 0 atom stereocenters. The molecule has 0 radical (unpaired) electrons. The highest BCUT2D eigenvalue weighted by Gasteiger charge is 2.22. The molecule has 3 aromatic rings. The molecule has 1 aromatic carbocycles. The van der Waals surface area contributed by atoms with Gasteiger partial charge in [-0.3, -0.25) is 4.79 Å². The predicted octanol–water partition coefficient (Wildman–Crippen LogP) is 4.52. The maximum atomic E-state index is 13.1. The number of aromatic nitrogens is 1. The molecule has 3 rings (SSSR count). The summed E-state index contributed by atoms with van der Waals surface area (Å²) in [6.45, 7) is 4.83. The Morgan fingerprint density at radius 2 is 1.96 bits per heavy atom. The first-order valence-electron chi connectivity index (χ1n) is 8.28. The number of hydrogen-bond acceptors (Lipinski definition) is 5. The van der Waals surface area contributed by atoms with Gasteiger partial charge in [0.15, 0.2) is 0 Å². The fraction of sp³-hybridized carbons (Fsp3) is 0.263. The lowest BCUT2D eigenvalue weighted by molar-refractivity contribution is 0.0687. The van der Waals surface area contributed by atoms with Crippen molar-refractivity contribution in [1.82, 2.24) is 9.88 Å². The van der Waals surface area contributed by atoms with Gasteiger partial charge < -0.3 is 10.6 Å². The minimum absolute atomic E-state index is 0.0434. The van der Waals surface area contributed by atoms with E-state index in [0.717, 1.165) is 20.3 Å². The lowest BCUT2D eigenvalue weighted by atomic mass is 10.2. The largest absolute Gasteiger partial charge is 0.330 e. The minimum atomic E-state index is -0.248. The van der Waals surface area contributed by atoms with Gasteiger partial charge in [-0.2, -0.15) is 0 Å². The molecule has 0 spiro atoms. The average Bonchev–Trinajstić information content (AvgIpc) is 3.29. The van der Waals surface area contributed by atoms with Crippen molar-refractivity contribution in [2.45, 2.75) is 33.0 Å². The van der Waals surface area contributed by atoms with Crippen LogP contribution < -0.4 is 5.73 Å². The van der Waals surface area contributed by atoms with E-state index < -0.39 is 0 Å².